The topological polar surface area (TPSA) is 108 Å². The van der Waals surface area contributed by atoms with E-state index in [0.29, 0.717) is 17.4 Å². The number of likely N-dealkylation sites (N-methyl/N-ethyl adjacent to an activating group) is 1. The molecule has 2 atom stereocenters. The summed E-state index contributed by atoms with van der Waals surface area (Å²) in [5, 5.41) is 0. The first kappa shape index (κ1) is 59.0. The standard InChI is InChI=1S/C50H100NO8P/c1-6-8-10-12-14-16-18-20-21-22-23-24-25-26-27-28-29-31-33-35-37-39-41-43-50(53)59-48(47-58-60(54,55)57-45-44-51(3,4)5)46-56-49(52)42-40-38-36-34-32-30-19-17-15-13-11-9-7-2/h48H,6-47H2,1-5H3/p+1. The van der Waals surface area contributed by atoms with Crippen molar-refractivity contribution < 1.29 is 42.1 Å². The van der Waals surface area contributed by atoms with Crippen LogP contribution in [-0.4, -0.2) is 74.9 Å². The van der Waals surface area contributed by atoms with Crippen molar-refractivity contribution in [3.8, 4) is 0 Å². The minimum atomic E-state index is -4.37. The molecule has 0 aromatic carbocycles. The zero-order valence-electron chi connectivity index (χ0n) is 40.5. The molecule has 10 heteroatoms. The number of carbonyl (C=O) groups is 2. The van der Waals surface area contributed by atoms with Crippen molar-refractivity contribution in [1.29, 1.82) is 0 Å². The Kier molecular flexibility index (Phi) is 42.6. The Bertz CT molecular complexity index is 990. The number of hydrogen-bond acceptors (Lipinski definition) is 7. The molecule has 0 radical (unpaired) electrons. The second-order valence-corrected chi connectivity index (χ2v) is 20.4. The lowest BCUT2D eigenvalue weighted by atomic mass is 10.0. The maximum atomic E-state index is 12.7. The summed E-state index contributed by atoms with van der Waals surface area (Å²) in [5.41, 5.74) is 0. The highest BCUT2D eigenvalue weighted by Gasteiger charge is 2.27. The second-order valence-electron chi connectivity index (χ2n) is 18.9. The van der Waals surface area contributed by atoms with Crippen molar-refractivity contribution in [2.24, 2.45) is 0 Å². The zero-order chi connectivity index (χ0) is 44.3. The van der Waals surface area contributed by atoms with Crippen LogP contribution in [0.25, 0.3) is 0 Å². The number of unbranched alkanes of at least 4 members (excludes halogenated alkanes) is 34. The molecule has 0 aromatic heterocycles. The van der Waals surface area contributed by atoms with Gasteiger partial charge in [0.15, 0.2) is 6.10 Å². The lowest BCUT2D eigenvalue weighted by molar-refractivity contribution is -0.870. The largest absolute Gasteiger partial charge is 0.472 e. The average Bonchev–Trinajstić information content (AvgIpc) is 3.20. The van der Waals surface area contributed by atoms with E-state index in [1.54, 1.807) is 0 Å². The zero-order valence-corrected chi connectivity index (χ0v) is 41.4. The van der Waals surface area contributed by atoms with Gasteiger partial charge in [-0.2, -0.15) is 0 Å². The van der Waals surface area contributed by atoms with E-state index in [-0.39, 0.29) is 25.6 Å². The van der Waals surface area contributed by atoms with Gasteiger partial charge in [-0.1, -0.05) is 232 Å². The summed E-state index contributed by atoms with van der Waals surface area (Å²) in [6.45, 7) is 4.48. The third-order valence-corrected chi connectivity index (χ3v) is 12.6. The Morgan fingerprint density at radius 2 is 0.750 bits per heavy atom. The summed E-state index contributed by atoms with van der Waals surface area (Å²) in [6.07, 6.45) is 45.9. The normalized spacial score (nSPS) is 13.4. The van der Waals surface area contributed by atoms with Gasteiger partial charge in [0.05, 0.1) is 27.7 Å². The molecule has 0 fully saturated rings. The van der Waals surface area contributed by atoms with Crippen molar-refractivity contribution in [3.63, 3.8) is 0 Å². The maximum absolute atomic E-state index is 12.7. The molecule has 0 heterocycles. The number of quaternary nitrogens is 1. The molecule has 0 rings (SSSR count). The van der Waals surface area contributed by atoms with Gasteiger partial charge in [0, 0.05) is 12.8 Å². The molecule has 0 saturated heterocycles. The lowest BCUT2D eigenvalue weighted by Gasteiger charge is -2.24. The molecule has 60 heavy (non-hydrogen) atoms. The molecular weight excluding hydrogens is 774 g/mol. The molecule has 0 amide bonds. The van der Waals surface area contributed by atoms with Crippen molar-refractivity contribution >= 4 is 19.8 Å². The molecule has 1 N–H and O–H groups in total. The van der Waals surface area contributed by atoms with Gasteiger partial charge in [-0.15, -0.1) is 0 Å². The van der Waals surface area contributed by atoms with Crippen molar-refractivity contribution in [1.82, 2.24) is 0 Å². The van der Waals surface area contributed by atoms with Crippen LogP contribution in [0.3, 0.4) is 0 Å². The van der Waals surface area contributed by atoms with E-state index in [4.69, 9.17) is 18.5 Å². The number of phosphoric ester groups is 1. The van der Waals surface area contributed by atoms with Crippen LogP contribution in [0.1, 0.15) is 258 Å². The molecule has 0 aliphatic heterocycles. The summed E-state index contributed by atoms with van der Waals surface area (Å²) in [4.78, 5) is 35.5. The fourth-order valence-electron chi connectivity index (χ4n) is 7.61. The summed E-state index contributed by atoms with van der Waals surface area (Å²) in [5.74, 6) is -0.779. The van der Waals surface area contributed by atoms with Gasteiger partial charge >= 0.3 is 19.8 Å². The van der Waals surface area contributed by atoms with Crippen molar-refractivity contribution in [2.75, 3.05) is 47.5 Å². The van der Waals surface area contributed by atoms with Crippen molar-refractivity contribution in [3.05, 3.63) is 0 Å². The van der Waals surface area contributed by atoms with E-state index in [1.165, 1.54) is 193 Å². The molecule has 0 saturated carbocycles. The van der Waals surface area contributed by atoms with Gasteiger partial charge in [-0.25, -0.2) is 4.57 Å². The van der Waals surface area contributed by atoms with Crippen LogP contribution in [-0.2, 0) is 32.7 Å². The van der Waals surface area contributed by atoms with Crippen molar-refractivity contribution in [2.45, 2.75) is 264 Å². The third-order valence-electron chi connectivity index (χ3n) is 11.6. The monoisotopic (exact) mass is 875 g/mol. The van der Waals surface area contributed by atoms with Gasteiger partial charge in [0.2, 0.25) is 0 Å². The van der Waals surface area contributed by atoms with Gasteiger partial charge in [0.1, 0.15) is 19.8 Å². The smallest absolute Gasteiger partial charge is 0.462 e. The van der Waals surface area contributed by atoms with Crippen LogP contribution in [0.5, 0.6) is 0 Å². The van der Waals surface area contributed by atoms with Crippen LogP contribution in [0.15, 0.2) is 0 Å². The summed E-state index contributed by atoms with van der Waals surface area (Å²) in [6, 6.07) is 0. The number of carbonyl (C=O) groups excluding carboxylic acids is 2. The summed E-state index contributed by atoms with van der Waals surface area (Å²) in [7, 11) is 1.50. The summed E-state index contributed by atoms with van der Waals surface area (Å²) >= 11 is 0. The SMILES string of the molecule is CCCCCCCCCCCCCCCCCCCCCCCCCC(=O)OC(COC(=O)CCCCCCCCCCCCCCC)COP(=O)(O)OCC[N+](C)(C)C. The fraction of sp³-hybridized carbons (Fsp3) is 0.960. The number of phosphoric acid groups is 1. The van der Waals surface area contributed by atoms with E-state index >= 15 is 0 Å². The molecule has 358 valence electrons. The predicted octanol–water partition coefficient (Wildman–Crippen LogP) is 15.1. The van der Waals surface area contributed by atoms with E-state index in [9.17, 15) is 19.0 Å². The minimum Gasteiger partial charge on any atom is -0.462 e. The average molecular weight is 875 g/mol. The first-order valence-corrected chi connectivity index (χ1v) is 27.3. The Morgan fingerprint density at radius 1 is 0.450 bits per heavy atom. The molecule has 2 unspecified atom stereocenters. The van der Waals surface area contributed by atoms with Crippen LogP contribution in [0.4, 0.5) is 0 Å². The number of esters is 2. The highest BCUT2D eigenvalue weighted by Crippen LogP contribution is 2.43. The maximum Gasteiger partial charge on any atom is 0.472 e. The Hall–Kier alpha value is -0.990. The molecule has 9 nitrogen and oxygen atoms in total. The van der Waals surface area contributed by atoms with E-state index in [1.807, 2.05) is 21.1 Å². The molecule has 0 bridgehead atoms. The summed E-state index contributed by atoms with van der Waals surface area (Å²) < 4.78 is 34.4. The Morgan fingerprint density at radius 3 is 1.07 bits per heavy atom. The highest BCUT2D eigenvalue weighted by atomic mass is 31.2. The molecular formula is C50H101NO8P+. The molecule has 0 aliphatic rings. The van der Waals surface area contributed by atoms with Gasteiger partial charge in [0.25, 0.3) is 0 Å². The Balaban J connectivity index is 4.14. The Labute approximate surface area is 372 Å². The van der Waals surface area contributed by atoms with E-state index in [2.05, 4.69) is 13.8 Å². The lowest BCUT2D eigenvalue weighted by Crippen LogP contribution is -2.37. The first-order valence-electron chi connectivity index (χ1n) is 25.8. The van der Waals surface area contributed by atoms with E-state index in [0.717, 1.165) is 38.5 Å². The quantitative estimate of drug-likeness (QED) is 0.0279. The number of ether oxygens (including phenoxy) is 2. The minimum absolute atomic E-state index is 0.0371. The highest BCUT2D eigenvalue weighted by molar-refractivity contribution is 7.47. The molecule has 0 spiro atoms. The second kappa shape index (κ2) is 43.3. The van der Waals surface area contributed by atoms with Gasteiger partial charge < -0.3 is 18.9 Å². The van der Waals surface area contributed by atoms with Crippen LogP contribution in [0, 0.1) is 0 Å². The number of rotatable bonds is 48. The van der Waals surface area contributed by atoms with Crippen LogP contribution >= 0.6 is 7.82 Å². The molecule has 0 aromatic rings. The van der Waals surface area contributed by atoms with Crippen LogP contribution < -0.4 is 0 Å². The molecule has 0 aliphatic carbocycles. The third kappa shape index (κ3) is 46.5. The number of hydrogen-bond donors (Lipinski definition) is 1. The number of nitrogens with zero attached hydrogens (tertiary/aromatic N) is 1. The van der Waals surface area contributed by atoms with Crippen LogP contribution in [0.2, 0.25) is 0 Å². The first-order chi connectivity index (χ1) is 29.0. The van der Waals surface area contributed by atoms with Gasteiger partial charge in [-0.05, 0) is 12.8 Å². The van der Waals surface area contributed by atoms with Gasteiger partial charge in [-0.3, -0.25) is 18.6 Å². The predicted molar refractivity (Wildman–Crippen MR) is 252 cm³/mol. The van der Waals surface area contributed by atoms with E-state index < -0.39 is 26.5 Å². The fourth-order valence-corrected chi connectivity index (χ4v) is 8.35.